The number of sulfonamides is 1. The van der Waals surface area contributed by atoms with Crippen molar-refractivity contribution in [3.8, 4) is 0 Å². The highest BCUT2D eigenvalue weighted by molar-refractivity contribution is 7.88. The molecule has 0 saturated heterocycles. The number of carbonyl (C=O) groups excluding carboxylic acids is 2. The number of rotatable bonds is 7. The van der Waals surface area contributed by atoms with Gasteiger partial charge in [-0.1, -0.05) is 11.6 Å². The Morgan fingerprint density at radius 2 is 1.96 bits per heavy atom. The third kappa shape index (κ3) is 4.37. The molecule has 1 aliphatic rings. The van der Waals surface area contributed by atoms with Crippen LogP contribution < -0.4 is 0 Å². The normalized spacial score (nSPS) is 15.0. The first kappa shape index (κ1) is 18.0. The number of hydrogen-bond acceptors (Lipinski definition) is 4. The summed E-state index contributed by atoms with van der Waals surface area (Å²) in [5.41, 5.74) is -0.115. The van der Waals surface area contributed by atoms with Gasteiger partial charge in [0.2, 0.25) is 10.0 Å². The lowest BCUT2D eigenvalue weighted by atomic mass is 9.98. The lowest BCUT2D eigenvalue weighted by Crippen LogP contribution is -2.27. The number of carbonyl (C=O) groups is 2. The molecule has 23 heavy (non-hydrogen) atoms. The monoisotopic (exact) mass is 361 g/mol. The van der Waals surface area contributed by atoms with Crippen LogP contribution in [-0.2, 0) is 21.4 Å². The summed E-state index contributed by atoms with van der Waals surface area (Å²) in [6.07, 6.45) is 2.24. The predicted molar refractivity (Wildman–Crippen MR) is 84.4 cm³/mol. The molecule has 8 heteroatoms. The lowest BCUT2D eigenvalue weighted by Gasteiger charge is -2.17. The van der Waals surface area contributed by atoms with E-state index in [-0.39, 0.29) is 40.8 Å². The van der Waals surface area contributed by atoms with Gasteiger partial charge in [0.25, 0.3) is 0 Å². The van der Waals surface area contributed by atoms with Crippen molar-refractivity contribution in [3.63, 3.8) is 0 Å². The highest BCUT2D eigenvalue weighted by atomic mass is 35.5. The molecule has 1 aromatic carbocycles. The second-order valence-corrected chi connectivity index (χ2v) is 8.24. The van der Waals surface area contributed by atoms with Crippen molar-refractivity contribution in [1.82, 2.24) is 4.31 Å². The second kappa shape index (κ2) is 6.67. The van der Waals surface area contributed by atoms with Gasteiger partial charge >= 0.3 is 0 Å². The van der Waals surface area contributed by atoms with Crippen LogP contribution in [0.1, 0.15) is 35.2 Å². The van der Waals surface area contributed by atoms with E-state index in [0.717, 1.165) is 23.4 Å². The first-order valence-corrected chi connectivity index (χ1v) is 9.28. The van der Waals surface area contributed by atoms with E-state index in [1.54, 1.807) is 0 Å². The molecule has 1 aromatic rings. The molecule has 5 nitrogen and oxygen atoms in total. The highest BCUT2D eigenvalue weighted by Crippen LogP contribution is 2.32. The van der Waals surface area contributed by atoms with Gasteiger partial charge in [0, 0.05) is 30.6 Å². The van der Waals surface area contributed by atoms with E-state index in [2.05, 4.69) is 0 Å². The molecule has 2 rings (SSSR count). The molecular weight excluding hydrogens is 345 g/mol. The molecule has 0 aromatic heterocycles. The van der Waals surface area contributed by atoms with E-state index in [4.69, 9.17) is 11.6 Å². The Morgan fingerprint density at radius 3 is 2.48 bits per heavy atom. The molecule has 0 atom stereocenters. The van der Waals surface area contributed by atoms with Crippen molar-refractivity contribution >= 4 is 33.2 Å². The molecule has 0 radical (unpaired) electrons. The Kier molecular flexibility index (Phi) is 5.23. The van der Waals surface area contributed by atoms with Crippen LogP contribution in [0.4, 0.5) is 4.39 Å². The van der Waals surface area contributed by atoms with Crippen molar-refractivity contribution in [2.45, 2.75) is 25.8 Å². The molecule has 0 aliphatic heterocycles. The van der Waals surface area contributed by atoms with Gasteiger partial charge in [-0.2, -0.15) is 0 Å². The summed E-state index contributed by atoms with van der Waals surface area (Å²) in [5.74, 6) is -1.59. The smallest absolute Gasteiger partial charge is 0.211 e. The van der Waals surface area contributed by atoms with Crippen molar-refractivity contribution in [3.05, 3.63) is 34.1 Å². The third-order valence-electron chi connectivity index (χ3n) is 3.81. The Balaban J connectivity index is 2.33. The zero-order chi connectivity index (χ0) is 17.4. The summed E-state index contributed by atoms with van der Waals surface area (Å²) in [6.45, 7) is -0.329. The maximum atomic E-state index is 14.3. The van der Waals surface area contributed by atoms with Crippen LogP contribution in [0, 0.1) is 11.7 Å². The van der Waals surface area contributed by atoms with Gasteiger partial charge in [-0.05, 0) is 25.0 Å². The van der Waals surface area contributed by atoms with Crippen molar-refractivity contribution < 1.29 is 22.4 Å². The van der Waals surface area contributed by atoms with E-state index in [9.17, 15) is 22.4 Å². The number of benzene rings is 1. The Labute approximate surface area is 139 Å². The fourth-order valence-corrected chi connectivity index (χ4v) is 2.69. The second-order valence-electron chi connectivity index (χ2n) is 5.75. The highest BCUT2D eigenvalue weighted by Gasteiger charge is 2.31. The minimum atomic E-state index is -3.55. The topological polar surface area (TPSA) is 71.5 Å². The van der Waals surface area contributed by atoms with Crippen LogP contribution in [0.25, 0.3) is 0 Å². The van der Waals surface area contributed by atoms with Crippen LogP contribution in [0.2, 0.25) is 5.02 Å². The SMILES string of the molecule is CN(Cc1c(C(=O)CC(=O)C2CC2)ccc(Cl)c1F)S(C)(=O)=O. The maximum absolute atomic E-state index is 14.3. The van der Waals surface area contributed by atoms with E-state index in [1.165, 1.54) is 19.2 Å². The van der Waals surface area contributed by atoms with E-state index >= 15 is 0 Å². The first-order chi connectivity index (χ1) is 10.6. The molecule has 0 N–H and O–H groups in total. The Hall–Kier alpha value is -1.31. The summed E-state index contributed by atoms with van der Waals surface area (Å²) in [4.78, 5) is 24.1. The van der Waals surface area contributed by atoms with Crippen LogP contribution in [0.3, 0.4) is 0 Å². The molecule has 0 spiro atoms. The largest absolute Gasteiger partial charge is 0.299 e. The van der Waals surface area contributed by atoms with Gasteiger partial charge < -0.3 is 0 Å². The van der Waals surface area contributed by atoms with Crippen LogP contribution in [-0.4, -0.2) is 37.6 Å². The van der Waals surface area contributed by atoms with Crippen molar-refractivity contribution in [1.29, 1.82) is 0 Å². The molecular formula is C15H17ClFNO4S. The quantitative estimate of drug-likeness (QED) is 0.552. The van der Waals surface area contributed by atoms with E-state index in [0.29, 0.717) is 0 Å². The van der Waals surface area contributed by atoms with E-state index < -0.39 is 21.6 Å². The molecule has 0 heterocycles. The van der Waals surface area contributed by atoms with Crippen molar-refractivity contribution in [2.24, 2.45) is 5.92 Å². The third-order valence-corrected chi connectivity index (χ3v) is 5.36. The van der Waals surface area contributed by atoms with Crippen LogP contribution in [0.15, 0.2) is 12.1 Å². The Morgan fingerprint density at radius 1 is 1.35 bits per heavy atom. The zero-order valence-corrected chi connectivity index (χ0v) is 14.4. The van der Waals surface area contributed by atoms with Crippen molar-refractivity contribution in [2.75, 3.05) is 13.3 Å². The average Bonchev–Trinajstić information content (AvgIpc) is 3.27. The summed E-state index contributed by atoms with van der Waals surface area (Å²) in [5, 5.41) is -0.202. The summed E-state index contributed by atoms with van der Waals surface area (Å²) in [7, 11) is -2.28. The average molecular weight is 362 g/mol. The molecule has 126 valence electrons. The zero-order valence-electron chi connectivity index (χ0n) is 12.8. The molecule has 0 unspecified atom stereocenters. The molecule has 0 bridgehead atoms. The number of ketones is 2. The summed E-state index contributed by atoms with van der Waals surface area (Å²) in [6, 6.07) is 2.56. The first-order valence-electron chi connectivity index (χ1n) is 7.05. The predicted octanol–water partition coefficient (Wildman–Crippen LogP) is 2.42. The summed E-state index contributed by atoms with van der Waals surface area (Å²) < 4.78 is 38.2. The number of Topliss-reactive ketones (excluding diaryl/α,β-unsaturated/α-hetero) is 2. The fourth-order valence-electron chi connectivity index (χ4n) is 2.15. The van der Waals surface area contributed by atoms with Gasteiger partial charge in [0.05, 0.1) is 17.7 Å². The minimum Gasteiger partial charge on any atom is -0.299 e. The number of nitrogens with zero attached hydrogens (tertiary/aromatic N) is 1. The fraction of sp³-hybridized carbons (Fsp3) is 0.467. The van der Waals surface area contributed by atoms with Gasteiger partial charge in [-0.15, -0.1) is 0 Å². The molecule has 1 saturated carbocycles. The van der Waals surface area contributed by atoms with Gasteiger partial charge in [-0.3, -0.25) is 9.59 Å². The minimum absolute atomic E-state index is 0.00333. The standard InChI is InChI=1S/C15H17ClFNO4S/c1-18(23(2,21)22)8-11-10(5-6-12(16)15(11)17)14(20)7-13(19)9-3-4-9/h5-6,9H,3-4,7-8H2,1-2H3. The van der Waals surface area contributed by atoms with Crippen LogP contribution >= 0.6 is 11.6 Å². The van der Waals surface area contributed by atoms with Gasteiger partial charge in [0.1, 0.15) is 11.6 Å². The van der Waals surface area contributed by atoms with Gasteiger partial charge in [-0.25, -0.2) is 17.1 Å². The Bertz CT molecular complexity index is 759. The maximum Gasteiger partial charge on any atom is 0.211 e. The molecule has 1 fully saturated rings. The lowest BCUT2D eigenvalue weighted by molar-refractivity contribution is -0.119. The molecule has 1 aliphatic carbocycles. The summed E-state index contributed by atoms with van der Waals surface area (Å²) >= 11 is 5.73. The number of hydrogen-bond donors (Lipinski definition) is 0. The number of halogens is 2. The van der Waals surface area contributed by atoms with Crippen LogP contribution in [0.5, 0.6) is 0 Å². The van der Waals surface area contributed by atoms with E-state index in [1.807, 2.05) is 0 Å². The van der Waals surface area contributed by atoms with Gasteiger partial charge in [0.15, 0.2) is 5.78 Å². The molecule has 0 amide bonds.